The molecule has 0 aromatic heterocycles. The van der Waals surface area contributed by atoms with Crippen molar-refractivity contribution in [3.63, 3.8) is 0 Å². The summed E-state index contributed by atoms with van der Waals surface area (Å²) in [6.07, 6.45) is 0. The van der Waals surface area contributed by atoms with Gasteiger partial charge in [0.2, 0.25) is 0 Å². The summed E-state index contributed by atoms with van der Waals surface area (Å²) in [5.74, 6) is -0.235. The Morgan fingerprint density at radius 3 is 1.19 bits per heavy atom. The summed E-state index contributed by atoms with van der Waals surface area (Å²) < 4.78 is 14.3. The van der Waals surface area contributed by atoms with E-state index >= 15 is 0 Å². The molecule has 0 atom stereocenters. The van der Waals surface area contributed by atoms with Gasteiger partial charge >= 0.3 is 0 Å². The van der Waals surface area contributed by atoms with Crippen molar-refractivity contribution in [1.29, 1.82) is 0 Å². The summed E-state index contributed by atoms with van der Waals surface area (Å²) in [7, 11) is 0. The summed E-state index contributed by atoms with van der Waals surface area (Å²) in [4.78, 5) is 2.37. The van der Waals surface area contributed by atoms with Gasteiger partial charge in [-0.25, -0.2) is 4.39 Å². The molecule has 0 saturated heterocycles. The number of hydrogen-bond donors (Lipinski definition) is 0. The molecular weight excluding hydrogens is 718 g/mol. The molecule has 2 heteroatoms. The predicted octanol–water partition coefficient (Wildman–Crippen LogP) is 15.9. The van der Waals surface area contributed by atoms with E-state index in [1.54, 1.807) is 12.1 Å². The van der Waals surface area contributed by atoms with Gasteiger partial charge in [0.1, 0.15) is 5.82 Å². The zero-order chi connectivity index (χ0) is 39.9. The third-order valence-electron chi connectivity index (χ3n) is 12.0. The molecule has 0 fully saturated rings. The predicted molar refractivity (Wildman–Crippen MR) is 246 cm³/mol. The first kappa shape index (κ1) is 36.1. The number of fused-ring (bicyclic) bond motifs is 3. The normalized spacial score (nSPS) is 12.5. The van der Waals surface area contributed by atoms with E-state index in [0.29, 0.717) is 0 Å². The van der Waals surface area contributed by atoms with E-state index in [-0.39, 0.29) is 11.2 Å². The molecule has 10 rings (SSSR count). The highest BCUT2D eigenvalue weighted by Crippen LogP contribution is 2.56. The molecule has 9 aromatic rings. The van der Waals surface area contributed by atoms with Crippen molar-refractivity contribution in [2.75, 3.05) is 4.90 Å². The highest BCUT2D eigenvalue weighted by Gasteiger charge is 2.40. The fraction of sp³-hybridized carbons (Fsp3) is 0.0526. The van der Waals surface area contributed by atoms with E-state index in [9.17, 15) is 4.39 Å². The Hall–Kier alpha value is -7.29. The minimum absolute atomic E-state index is 0.235. The van der Waals surface area contributed by atoms with Crippen LogP contribution < -0.4 is 4.90 Å². The molecule has 0 saturated carbocycles. The molecule has 0 bridgehead atoms. The lowest BCUT2D eigenvalue weighted by atomic mass is 9.77. The number of hydrogen-bond acceptors (Lipinski definition) is 1. The zero-order valence-corrected chi connectivity index (χ0v) is 33.1. The maximum Gasteiger partial charge on any atom is 0.123 e. The van der Waals surface area contributed by atoms with Gasteiger partial charge < -0.3 is 4.90 Å². The van der Waals surface area contributed by atoms with Gasteiger partial charge in [-0.05, 0) is 126 Å². The van der Waals surface area contributed by atoms with Crippen molar-refractivity contribution in [3.8, 4) is 66.8 Å². The lowest BCUT2D eigenvalue weighted by Gasteiger charge is -2.29. The Labute approximate surface area is 346 Å². The summed E-state index contributed by atoms with van der Waals surface area (Å²) in [5.41, 5.74) is 19.5. The molecule has 59 heavy (non-hydrogen) atoms. The van der Waals surface area contributed by atoms with Crippen molar-refractivity contribution < 1.29 is 4.39 Å². The zero-order valence-electron chi connectivity index (χ0n) is 33.1. The first-order valence-electron chi connectivity index (χ1n) is 20.3. The third-order valence-corrected chi connectivity index (χ3v) is 12.0. The van der Waals surface area contributed by atoms with Crippen LogP contribution in [0.1, 0.15) is 25.0 Å². The molecule has 1 nitrogen and oxygen atoms in total. The van der Waals surface area contributed by atoms with Crippen LogP contribution in [0.25, 0.3) is 66.8 Å². The van der Waals surface area contributed by atoms with E-state index in [0.717, 1.165) is 33.8 Å². The van der Waals surface area contributed by atoms with Gasteiger partial charge in [-0.15, -0.1) is 0 Å². The standard InChI is InChI=1S/C57H42FN/c1-57(2)54-38-50(59(48-30-24-43(25-31-48)40-14-8-4-9-15-40)49-32-26-44(27-33-49)41-16-10-5-11-17-41)34-35-53(54)55-51(36-37-52(56(55)57)46-22-28-47(58)29-23-46)45-20-18-42(19-21-45)39-12-6-3-7-13-39/h3-38H,1-2H3. The van der Waals surface area contributed by atoms with Crippen LogP contribution >= 0.6 is 0 Å². The molecule has 1 aliphatic carbocycles. The highest BCUT2D eigenvalue weighted by atomic mass is 19.1. The van der Waals surface area contributed by atoms with E-state index in [1.807, 2.05) is 12.1 Å². The van der Waals surface area contributed by atoms with Crippen LogP contribution in [0, 0.1) is 5.82 Å². The molecule has 1 aliphatic rings. The fourth-order valence-corrected chi connectivity index (χ4v) is 8.97. The van der Waals surface area contributed by atoms with Gasteiger partial charge in [0.15, 0.2) is 0 Å². The maximum absolute atomic E-state index is 14.3. The van der Waals surface area contributed by atoms with Crippen LogP contribution in [-0.4, -0.2) is 0 Å². The second kappa shape index (κ2) is 14.9. The third kappa shape index (κ3) is 6.63. The Morgan fingerprint density at radius 2 is 0.695 bits per heavy atom. The van der Waals surface area contributed by atoms with Gasteiger partial charge in [0.05, 0.1) is 0 Å². The maximum atomic E-state index is 14.3. The molecule has 0 heterocycles. The Bertz CT molecular complexity index is 2810. The van der Waals surface area contributed by atoms with Crippen LogP contribution in [0.15, 0.2) is 218 Å². The van der Waals surface area contributed by atoms with E-state index in [2.05, 4.69) is 213 Å². The fourth-order valence-electron chi connectivity index (χ4n) is 8.97. The second-order valence-corrected chi connectivity index (χ2v) is 15.9. The molecule has 0 spiro atoms. The average molecular weight is 760 g/mol. The molecular formula is C57H42FN. The van der Waals surface area contributed by atoms with E-state index in [4.69, 9.17) is 0 Å². The molecule has 282 valence electrons. The molecule has 0 unspecified atom stereocenters. The highest BCUT2D eigenvalue weighted by molar-refractivity contribution is 5.98. The molecule has 0 radical (unpaired) electrons. The topological polar surface area (TPSA) is 3.24 Å². The van der Waals surface area contributed by atoms with Crippen molar-refractivity contribution in [3.05, 3.63) is 235 Å². The van der Waals surface area contributed by atoms with E-state index in [1.165, 1.54) is 61.2 Å². The smallest absolute Gasteiger partial charge is 0.123 e. The van der Waals surface area contributed by atoms with Crippen molar-refractivity contribution in [1.82, 2.24) is 0 Å². The number of nitrogens with zero attached hydrogens (tertiary/aromatic N) is 1. The monoisotopic (exact) mass is 759 g/mol. The van der Waals surface area contributed by atoms with Crippen LogP contribution in [0.5, 0.6) is 0 Å². The SMILES string of the molecule is CC1(C)c2cc(N(c3ccc(-c4ccccc4)cc3)c3ccc(-c4ccccc4)cc3)ccc2-c2c(-c3ccc(-c4ccccc4)cc3)ccc(-c3ccc(F)cc3)c21. The first-order valence-corrected chi connectivity index (χ1v) is 20.3. The quantitative estimate of drug-likeness (QED) is 0.149. The van der Waals surface area contributed by atoms with Gasteiger partial charge in [-0.2, -0.15) is 0 Å². The van der Waals surface area contributed by atoms with Crippen molar-refractivity contribution >= 4 is 17.1 Å². The molecule has 9 aromatic carbocycles. The molecule has 0 N–H and O–H groups in total. The summed E-state index contributed by atoms with van der Waals surface area (Å²) >= 11 is 0. The van der Waals surface area contributed by atoms with Crippen LogP contribution in [-0.2, 0) is 5.41 Å². The van der Waals surface area contributed by atoms with Crippen molar-refractivity contribution in [2.24, 2.45) is 0 Å². The number of anilines is 3. The molecule has 0 aliphatic heterocycles. The molecule has 0 amide bonds. The van der Waals surface area contributed by atoms with Crippen molar-refractivity contribution in [2.45, 2.75) is 19.3 Å². The first-order chi connectivity index (χ1) is 28.9. The lowest BCUT2D eigenvalue weighted by molar-refractivity contribution is 0.628. The number of halogens is 1. The van der Waals surface area contributed by atoms with Gasteiger partial charge in [-0.1, -0.05) is 184 Å². The van der Waals surface area contributed by atoms with Gasteiger partial charge in [0.25, 0.3) is 0 Å². The van der Waals surface area contributed by atoms with E-state index < -0.39 is 0 Å². The lowest BCUT2D eigenvalue weighted by Crippen LogP contribution is -2.17. The Balaban J connectivity index is 1.12. The van der Waals surface area contributed by atoms with Gasteiger partial charge in [-0.3, -0.25) is 0 Å². The Kier molecular flexibility index (Phi) is 9.11. The summed E-state index contributed by atoms with van der Waals surface area (Å²) in [6, 6.07) is 76.7. The minimum atomic E-state index is -0.371. The van der Waals surface area contributed by atoms with Gasteiger partial charge in [0, 0.05) is 22.5 Å². The minimum Gasteiger partial charge on any atom is -0.310 e. The number of rotatable bonds is 8. The largest absolute Gasteiger partial charge is 0.310 e. The summed E-state index contributed by atoms with van der Waals surface area (Å²) in [6.45, 7) is 4.68. The second-order valence-electron chi connectivity index (χ2n) is 15.9. The average Bonchev–Trinajstić information content (AvgIpc) is 3.54. The summed E-state index contributed by atoms with van der Waals surface area (Å²) in [5, 5.41) is 0. The van der Waals surface area contributed by atoms with Crippen LogP contribution in [0.2, 0.25) is 0 Å². The Morgan fingerprint density at radius 1 is 0.339 bits per heavy atom. The number of benzene rings is 9. The van der Waals surface area contributed by atoms with Crippen LogP contribution in [0.4, 0.5) is 21.5 Å². The van der Waals surface area contributed by atoms with Crippen LogP contribution in [0.3, 0.4) is 0 Å².